The van der Waals surface area contributed by atoms with Gasteiger partial charge in [0, 0.05) is 10.6 Å². The number of halogens is 1. The van der Waals surface area contributed by atoms with E-state index >= 15 is 0 Å². The summed E-state index contributed by atoms with van der Waals surface area (Å²) in [5.41, 5.74) is 1.79. The summed E-state index contributed by atoms with van der Waals surface area (Å²) < 4.78 is 5.37. The second kappa shape index (κ2) is 8.28. The van der Waals surface area contributed by atoms with E-state index in [0.717, 1.165) is 5.56 Å². The number of rotatable bonds is 5. The normalized spacial score (nSPS) is 10.7. The van der Waals surface area contributed by atoms with Crippen LogP contribution < -0.4 is 4.74 Å². The third-order valence-electron chi connectivity index (χ3n) is 3.63. The molecule has 26 heavy (non-hydrogen) atoms. The van der Waals surface area contributed by atoms with Gasteiger partial charge in [0.25, 0.3) is 0 Å². The summed E-state index contributed by atoms with van der Waals surface area (Å²) >= 11 is 5.81. The first-order valence-corrected chi connectivity index (χ1v) is 8.35. The molecule has 0 saturated heterocycles. The second-order valence-electron chi connectivity index (χ2n) is 5.53. The fourth-order valence-corrected chi connectivity index (χ4v) is 2.43. The molecule has 128 valence electrons. The molecule has 0 amide bonds. The molecule has 3 rings (SSSR count). The highest BCUT2D eigenvalue weighted by atomic mass is 35.5. The molecule has 0 unspecified atom stereocenters. The van der Waals surface area contributed by atoms with Crippen molar-refractivity contribution < 1.29 is 14.3 Å². The topological polar surface area (TPSA) is 43.4 Å². The Hall–Kier alpha value is -3.17. The van der Waals surface area contributed by atoms with Gasteiger partial charge in [-0.05, 0) is 48.0 Å². The van der Waals surface area contributed by atoms with Crippen LogP contribution in [-0.2, 0) is 0 Å². The van der Waals surface area contributed by atoms with E-state index in [4.69, 9.17) is 16.3 Å². The van der Waals surface area contributed by atoms with E-state index in [1.807, 2.05) is 24.3 Å². The number of benzene rings is 3. The fraction of sp³-hybridized carbons (Fsp3) is 0. The van der Waals surface area contributed by atoms with Crippen LogP contribution in [0.3, 0.4) is 0 Å². The molecular formula is C22H15ClO3. The van der Waals surface area contributed by atoms with Crippen LogP contribution in [0.4, 0.5) is 0 Å². The van der Waals surface area contributed by atoms with Crippen molar-refractivity contribution in [2.24, 2.45) is 0 Å². The lowest BCUT2D eigenvalue weighted by Crippen LogP contribution is -2.08. The Morgan fingerprint density at radius 1 is 0.808 bits per heavy atom. The standard InChI is InChI=1S/C22H15ClO3/c23-19-12-10-18(11-13-19)22(25)26-20-8-4-5-16(15-20)9-14-21(24)17-6-2-1-3-7-17/h1-15H. The number of esters is 1. The van der Waals surface area contributed by atoms with Gasteiger partial charge in [0.2, 0.25) is 0 Å². The maximum atomic E-state index is 12.2. The lowest BCUT2D eigenvalue weighted by atomic mass is 10.1. The van der Waals surface area contributed by atoms with E-state index in [2.05, 4.69) is 0 Å². The van der Waals surface area contributed by atoms with Crippen LogP contribution in [0, 0.1) is 0 Å². The van der Waals surface area contributed by atoms with Crippen LogP contribution in [-0.4, -0.2) is 11.8 Å². The van der Waals surface area contributed by atoms with Crippen LogP contribution in [0.25, 0.3) is 6.08 Å². The van der Waals surface area contributed by atoms with Crippen molar-refractivity contribution in [3.05, 3.63) is 107 Å². The Kier molecular flexibility index (Phi) is 5.62. The lowest BCUT2D eigenvalue weighted by Gasteiger charge is -2.05. The summed E-state index contributed by atoms with van der Waals surface area (Å²) in [5, 5.41) is 0.553. The van der Waals surface area contributed by atoms with Gasteiger partial charge >= 0.3 is 5.97 Å². The molecule has 0 aliphatic heterocycles. The molecule has 0 N–H and O–H groups in total. The van der Waals surface area contributed by atoms with Crippen LogP contribution in [0.5, 0.6) is 5.75 Å². The van der Waals surface area contributed by atoms with Gasteiger partial charge in [-0.25, -0.2) is 4.79 Å². The molecule has 3 nitrogen and oxygen atoms in total. The molecule has 0 aromatic heterocycles. The highest BCUT2D eigenvalue weighted by Gasteiger charge is 2.08. The molecule has 0 saturated carbocycles. The zero-order valence-corrected chi connectivity index (χ0v) is 14.5. The van der Waals surface area contributed by atoms with Gasteiger partial charge in [0.1, 0.15) is 5.75 Å². The van der Waals surface area contributed by atoms with Crippen LogP contribution in [0.15, 0.2) is 84.9 Å². The van der Waals surface area contributed by atoms with Gasteiger partial charge < -0.3 is 4.74 Å². The van der Waals surface area contributed by atoms with Gasteiger partial charge in [0.15, 0.2) is 5.78 Å². The molecular weight excluding hydrogens is 348 g/mol. The Labute approximate surface area is 156 Å². The van der Waals surface area contributed by atoms with Gasteiger partial charge in [-0.15, -0.1) is 0 Å². The monoisotopic (exact) mass is 362 g/mol. The van der Waals surface area contributed by atoms with Crippen LogP contribution >= 0.6 is 11.6 Å². The Bertz CT molecular complexity index is 945. The number of ketones is 1. The van der Waals surface area contributed by atoms with Gasteiger partial charge in [-0.2, -0.15) is 0 Å². The number of hydrogen-bond acceptors (Lipinski definition) is 3. The number of carbonyl (C=O) groups is 2. The Balaban J connectivity index is 1.70. The van der Waals surface area contributed by atoms with Crippen molar-refractivity contribution in [2.45, 2.75) is 0 Å². The minimum Gasteiger partial charge on any atom is -0.423 e. The molecule has 0 aliphatic carbocycles. The predicted molar refractivity (Wildman–Crippen MR) is 103 cm³/mol. The van der Waals surface area contributed by atoms with Crippen molar-refractivity contribution in [3.8, 4) is 5.75 Å². The van der Waals surface area contributed by atoms with E-state index in [9.17, 15) is 9.59 Å². The zero-order chi connectivity index (χ0) is 18.4. The zero-order valence-electron chi connectivity index (χ0n) is 13.8. The summed E-state index contributed by atoms with van der Waals surface area (Å²) in [6.07, 6.45) is 3.18. The summed E-state index contributed by atoms with van der Waals surface area (Å²) in [5.74, 6) is -0.156. The summed E-state index contributed by atoms with van der Waals surface area (Å²) in [7, 11) is 0. The van der Waals surface area contributed by atoms with E-state index in [1.54, 1.807) is 60.7 Å². The van der Waals surface area contributed by atoms with Crippen molar-refractivity contribution >= 4 is 29.4 Å². The molecule has 0 fully saturated rings. The number of allylic oxidation sites excluding steroid dienone is 1. The average molecular weight is 363 g/mol. The first-order valence-electron chi connectivity index (χ1n) is 7.97. The molecule has 0 aliphatic rings. The highest BCUT2D eigenvalue weighted by molar-refractivity contribution is 6.30. The second-order valence-corrected chi connectivity index (χ2v) is 5.97. The minimum atomic E-state index is -0.469. The van der Waals surface area contributed by atoms with Crippen molar-refractivity contribution in [1.29, 1.82) is 0 Å². The van der Waals surface area contributed by atoms with E-state index in [0.29, 0.717) is 21.9 Å². The number of ether oxygens (including phenoxy) is 1. The Morgan fingerprint density at radius 2 is 1.54 bits per heavy atom. The Morgan fingerprint density at radius 3 is 2.27 bits per heavy atom. The smallest absolute Gasteiger partial charge is 0.343 e. The number of hydrogen-bond donors (Lipinski definition) is 0. The number of carbonyl (C=O) groups excluding carboxylic acids is 2. The van der Waals surface area contributed by atoms with Crippen molar-refractivity contribution in [3.63, 3.8) is 0 Å². The highest BCUT2D eigenvalue weighted by Crippen LogP contribution is 2.17. The summed E-state index contributed by atoms with van der Waals surface area (Å²) in [6.45, 7) is 0. The first-order chi connectivity index (χ1) is 12.6. The summed E-state index contributed by atoms with van der Waals surface area (Å²) in [6, 6.07) is 22.5. The molecule has 0 heterocycles. The van der Waals surface area contributed by atoms with Crippen molar-refractivity contribution in [2.75, 3.05) is 0 Å². The maximum absolute atomic E-state index is 12.2. The third-order valence-corrected chi connectivity index (χ3v) is 3.89. The summed E-state index contributed by atoms with van der Waals surface area (Å²) in [4.78, 5) is 24.3. The van der Waals surface area contributed by atoms with Gasteiger partial charge in [0.05, 0.1) is 5.56 Å². The van der Waals surface area contributed by atoms with Crippen LogP contribution in [0.1, 0.15) is 26.3 Å². The molecule has 3 aromatic rings. The average Bonchev–Trinajstić information content (AvgIpc) is 2.67. The maximum Gasteiger partial charge on any atom is 0.343 e. The van der Waals surface area contributed by atoms with Gasteiger partial charge in [-0.1, -0.05) is 60.1 Å². The van der Waals surface area contributed by atoms with Crippen LogP contribution in [0.2, 0.25) is 5.02 Å². The molecule has 0 atom stereocenters. The van der Waals surface area contributed by atoms with E-state index in [1.165, 1.54) is 6.08 Å². The van der Waals surface area contributed by atoms with Gasteiger partial charge in [-0.3, -0.25) is 4.79 Å². The quantitative estimate of drug-likeness (QED) is 0.262. The minimum absolute atomic E-state index is 0.0887. The molecule has 0 radical (unpaired) electrons. The van der Waals surface area contributed by atoms with Crippen molar-refractivity contribution in [1.82, 2.24) is 0 Å². The molecule has 4 heteroatoms. The molecule has 0 spiro atoms. The first kappa shape index (κ1) is 17.6. The largest absolute Gasteiger partial charge is 0.423 e. The SMILES string of the molecule is O=C(C=Cc1cccc(OC(=O)c2ccc(Cl)cc2)c1)c1ccccc1. The molecule has 3 aromatic carbocycles. The van der Waals surface area contributed by atoms with E-state index < -0.39 is 5.97 Å². The predicted octanol–water partition coefficient (Wildman–Crippen LogP) is 5.46. The fourth-order valence-electron chi connectivity index (χ4n) is 2.30. The third kappa shape index (κ3) is 4.68. The lowest BCUT2D eigenvalue weighted by molar-refractivity contribution is 0.0734. The molecule has 0 bridgehead atoms. The van der Waals surface area contributed by atoms with E-state index in [-0.39, 0.29) is 5.78 Å².